The fourth-order valence-electron chi connectivity index (χ4n) is 2.30. The molecular weight excluding hydrogens is 398 g/mol. The van der Waals surface area contributed by atoms with E-state index in [1.807, 2.05) is 6.07 Å². The first-order valence-electron chi connectivity index (χ1n) is 7.32. The molecule has 1 aromatic heterocycles. The largest absolute Gasteiger partial charge is 0.482 e. The Morgan fingerprint density at radius 2 is 2.00 bits per heavy atom. The fourth-order valence-corrected chi connectivity index (χ4v) is 2.68. The number of imidazole rings is 1. The van der Waals surface area contributed by atoms with Crippen molar-refractivity contribution in [1.82, 2.24) is 9.55 Å². The molecule has 8 heteroatoms. The van der Waals surface area contributed by atoms with E-state index in [9.17, 15) is 13.6 Å². The van der Waals surface area contributed by atoms with Crippen LogP contribution in [0.15, 0.2) is 53.0 Å². The molecule has 0 bridgehead atoms. The molecule has 0 saturated heterocycles. The van der Waals surface area contributed by atoms with Gasteiger partial charge in [-0.1, -0.05) is 34.1 Å². The van der Waals surface area contributed by atoms with Gasteiger partial charge >= 0.3 is 12.5 Å². The van der Waals surface area contributed by atoms with E-state index in [0.29, 0.717) is 11.3 Å². The minimum Gasteiger partial charge on any atom is -0.482 e. The maximum Gasteiger partial charge on any atom is 0.344 e. The summed E-state index contributed by atoms with van der Waals surface area (Å²) < 4.78 is 38.4. The zero-order valence-electron chi connectivity index (χ0n) is 12.9. The molecule has 5 nitrogen and oxygen atoms in total. The predicted molar refractivity (Wildman–Crippen MR) is 90.4 cm³/mol. The summed E-state index contributed by atoms with van der Waals surface area (Å²) >= 11 is 3.29. The second kappa shape index (κ2) is 7.60. The highest BCUT2D eigenvalue weighted by Gasteiger charge is 2.18. The summed E-state index contributed by atoms with van der Waals surface area (Å²) in [6.07, 6.45) is 0. The molecule has 0 fully saturated rings. The highest BCUT2D eigenvalue weighted by Crippen LogP contribution is 2.23. The lowest BCUT2D eigenvalue weighted by molar-refractivity contribution is -0.147. The van der Waals surface area contributed by atoms with Gasteiger partial charge in [-0.25, -0.2) is 9.78 Å². The van der Waals surface area contributed by atoms with Crippen LogP contribution in [0, 0.1) is 0 Å². The molecule has 0 aliphatic rings. The molecule has 0 aliphatic carbocycles. The van der Waals surface area contributed by atoms with Crippen molar-refractivity contribution in [3.63, 3.8) is 0 Å². The van der Waals surface area contributed by atoms with E-state index in [-0.39, 0.29) is 24.6 Å². The van der Waals surface area contributed by atoms with E-state index in [4.69, 9.17) is 9.47 Å². The van der Waals surface area contributed by atoms with Crippen molar-refractivity contribution in [3.05, 3.63) is 58.8 Å². The third-order valence-electron chi connectivity index (χ3n) is 3.38. The molecule has 0 atom stereocenters. The quantitative estimate of drug-likeness (QED) is 0.568. The van der Waals surface area contributed by atoms with E-state index in [1.54, 1.807) is 36.4 Å². The van der Waals surface area contributed by atoms with Gasteiger partial charge in [0.15, 0.2) is 12.4 Å². The molecule has 0 saturated carbocycles. The van der Waals surface area contributed by atoms with Crippen LogP contribution in [0.25, 0.3) is 11.0 Å². The summed E-state index contributed by atoms with van der Waals surface area (Å²) in [6.45, 7) is -3.47. The van der Waals surface area contributed by atoms with Gasteiger partial charge < -0.3 is 9.47 Å². The first kappa shape index (κ1) is 17.3. The molecule has 25 heavy (non-hydrogen) atoms. The number of esters is 1. The maximum absolute atomic E-state index is 13.3. The van der Waals surface area contributed by atoms with Crippen molar-refractivity contribution in [2.24, 2.45) is 0 Å². The predicted octanol–water partition coefficient (Wildman–Crippen LogP) is 4.32. The van der Waals surface area contributed by atoms with Crippen LogP contribution in [0.1, 0.15) is 12.4 Å². The second-order valence-corrected chi connectivity index (χ2v) is 5.99. The number of aromatic nitrogens is 2. The molecule has 0 aliphatic heterocycles. The lowest BCUT2D eigenvalue weighted by Crippen LogP contribution is -2.16. The number of carbonyl (C=O) groups excluding carboxylic acids is 1. The summed E-state index contributed by atoms with van der Waals surface area (Å²) in [4.78, 5) is 15.9. The Morgan fingerprint density at radius 1 is 1.20 bits per heavy atom. The van der Waals surface area contributed by atoms with E-state index in [2.05, 4.69) is 20.9 Å². The van der Waals surface area contributed by atoms with Crippen LogP contribution >= 0.6 is 15.9 Å². The highest BCUT2D eigenvalue weighted by molar-refractivity contribution is 9.10. The molecule has 1 heterocycles. The number of hydrogen-bond donors (Lipinski definition) is 0. The molecule has 3 aromatic rings. The molecule has 3 rings (SSSR count). The smallest absolute Gasteiger partial charge is 0.344 e. The number of benzene rings is 2. The number of ether oxygens (including phenoxy) is 2. The van der Waals surface area contributed by atoms with Gasteiger partial charge in [-0.2, -0.15) is 8.78 Å². The molecule has 0 amide bonds. The van der Waals surface area contributed by atoms with Gasteiger partial charge in [-0.05, 0) is 30.3 Å². The van der Waals surface area contributed by atoms with Crippen LogP contribution in [0.4, 0.5) is 8.78 Å². The number of fused-ring (bicyclic) bond motifs is 1. The van der Waals surface area contributed by atoms with E-state index in [1.165, 1.54) is 6.07 Å². The number of rotatable bonds is 6. The minimum atomic E-state index is -2.78. The summed E-state index contributed by atoms with van der Waals surface area (Å²) in [5, 5.41) is 0. The molecule has 130 valence electrons. The molecule has 0 N–H and O–H groups in total. The van der Waals surface area contributed by atoms with Gasteiger partial charge in [0.25, 0.3) is 0 Å². The topological polar surface area (TPSA) is 53.4 Å². The maximum atomic E-state index is 13.3. The van der Waals surface area contributed by atoms with Gasteiger partial charge in [-0.15, -0.1) is 0 Å². The Bertz CT molecular complexity index is 898. The third kappa shape index (κ3) is 4.14. The van der Waals surface area contributed by atoms with E-state index < -0.39 is 12.5 Å². The van der Waals surface area contributed by atoms with Gasteiger partial charge in [0.2, 0.25) is 0 Å². The van der Waals surface area contributed by atoms with Crippen LogP contribution < -0.4 is 4.74 Å². The van der Waals surface area contributed by atoms with E-state index >= 15 is 0 Å². The number of carbonyl (C=O) groups is 1. The fraction of sp³-hybridized carbons (Fsp3) is 0.176. The summed E-state index contributed by atoms with van der Waals surface area (Å²) in [5.74, 6) is -0.203. The molecule has 0 unspecified atom stereocenters. The number of nitrogens with zero attached hydrogens (tertiary/aromatic N) is 2. The van der Waals surface area contributed by atoms with Gasteiger partial charge in [0, 0.05) is 4.47 Å². The summed E-state index contributed by atoms with van der Waals surface area (Å²) in [7, 11) is 0. The second-order valence-electron chi connectivity index (χ2n) is 5.07. The van der Waals surface area contributed by atoms with Crippen LogP contribution in [-0.2, 0) is 16.1 Å². The van der Waals surface area contributed by atoms with Crippen molar-refractivity contribution in [2.75, 3.05) is 6.61 Å². The Kier molecular flexibility index (Phi) is 5.28. The van der Waals surface area contributed by atoms with Crippen LogP contribution in [0.3, 0.4) is 0 Å². The van der Waals surface area contributed by atoms with Crippen molar-refractivity contribution in [3.8, 4) is 5.75 Å². The van der Waals surface area contributed by atoms with Crippen LogP contribution in [-0.4, -0.2) is 22.1 Å². The van der Waals surface area contributed by atoms with Crippen LogP contribution in [0.5, 0.6) is 5.75 Å². The van der Waals surface area contributed by atoms with Crippen molar-refractivity contribution < 1.29 is 23.0 Å². The minimum absolute atomic E-state index is 0.0213. The van der Waals surface area contributed by atoms with Gasteiger partial charge in [-0.3, -0.25) is 4.57 Å². The van der Waals surface area contributed by atoms with Crippen molar-refractivity contribution in [2.45, 2.75) is 13.2 Å². The monoisotopic (exact) mass is 410 g/mol. The Labute approximate surface area is 150 Å². The molecule has 0 spiro atoms. The number of hydrogen-bond acceptors (Lipinski definition) is 4. The Hall–Kier alpha value is -2.48. The number of halogens is 3. The van der Waals surface area contributed by atoms with E-state index in [0.717, 1.165) is 9.04 Å². The molecule has 0 radical (unpaired) electrons. The number of alkyl halides is 2. The lowest BCUT2D eigenvalue weighted by atomic mass is 10.3. The van der Waals surface area contributed by atoms with Gasteiger partial charge in [0.05, 0.1) is 11.0 Å². The molecular formula is C17H13BrF2N2O3. The summed E-state index contributed by atoms with van der Waals surface area (Å²) in [6, 6.07) is 13.5. The van der Waals surface area contributed by atoms with Crippen molar-refractivity contribution in [1.29, 1.82) is 0 Å². The zero-order chi connectivity index (χ0) is 17.8. The van der Waals surface area contributed by atoms with Crippen molar-refractivity contribution >= 4 is 32.9 Å². The first-order valence-corrected chi connectivity index (χ1v) is 8.12. The average molecular weight is 411 g/mol. The van der Waals surface area contributed by atoms with Gasteiger partial charge in [0.1, 0.15) is 12.4 Å². The average Bonchev–Trinajstić information content (AvgIpc) is 2.97. The van der Waals surface area contributed by atoms with Crippen LogP contribution in [0.2, 0.25) is 0 Å². The molecule has 2 aromatic carbocycles. The Morgan fingerprint density at radius 3 is 2.76 bits per heavy atom. The standard InChI is InChI=1S/C17H13BrF2N2O3/c18-11-4-3-5-12(8-11)24-10-16(23)25-9-15-21-13-6-1-2-7-14(13)22(15)17(19)20/h1-8,17H,9-10H2. The normalized spacial score (nSPS) is 11.0. The first-order chi connectivity index (χ1) is 12.0. The summed E-state index contributed by atoms with van der Waals surface area (Å²) in [5.41, 5.74) is 0.702. The Balaban J connectivity index is 1.64. The third-order valence-corrected chi connectivity index (χ3v) is 3.87. The zero-order valence-corrected chi connectivity index (χ0v) is 14.4. The number of para-hydroxylation sites is 2. The lowest BCUT2D eigenvalue weighted by Gasteiger charge is -2.09. The highest BCUT2D eigenvalue weighted by atomic mass is 79.9. The SMILES string of the molecule is O=C(COc1cccc(Br)c1)OCc1nc2ccccc2n1C(F)F.